The Morgan fingerprint density at radius 1 is 1.04 bits per heavy atom. The van der Waals surface area contributed by atoms with Gasteiger partial charge in [0.15, 0.2) is 0 Å². The molecule has 2 aromatic carbocycles. The molecule has 264 valence electrons. The number of nitrogens with zero attached hydrogens (tertiary/aromatic N) is 1. The number of aromatic nitrogens is 1. The van der Waals surface area contributed by atoms with Gasteiger partial charge in [0.2, 0.25) is 17.7 Å². The molecule has 0 radical (unpaired) electrons. The Labute approximate surface area is 287 Å². The third-order valence-electron chi connectivity index (χ3n) is 8.66. The van der Waals surface area contributed by atoms with E-state index in [1.165, 1.54) is 6.92 Å². The minimum atomic E-state index is -1.04. The van der Waals surface area contributed by atoms with Crippen LogP contribution in [0.5, 0.6) is 0 Å². The number of nitrogens with one attached hydrogen (secondary N) is 4. The lowest BCUT2D eigenvalue weighted by Gasteiger charge is -2.34. The first-order valence-corrected chi connectivity index (χ1v) is 17.0. The molecule has 0 saturated carbocycles. The Kier molecular flexibility index (Phi) is 12.6. The van der Waals surface area contributed by atoms with Crippen molar-refractivity contribution in [3.8, 4) is 0 Å². The number of carbonyl (C=O) groups is 5. The summed E-state index contributed by atoms with van der Waals surface area (Å²) in [6, 6.07) is 12.5. The number of hydrogen-bond donors (Lipinski definition) is 5. The molecule has 1 fully saturated rings. The lowest BCUT2D eigenvalue weighted by Crippen LogP contribution is -2.56. The summed E-state index contributed by atoms with van der Waals surface area (Å²) < 4.78 is 5.64. The number of nitrogens with two attached hydrogens (primary N) is 1. The van der Waals surface area contributed by atoms with Crippen LogP contribution in [0.25, 0.3) is 10.9 Å². The van der Waals surface area contributed by atoms with Crippen LogP contribution in [-0.4, -0.2) is 76.8 Å². The fourth-order valence-electron chi connectivity index (χ4n) is 6.21. The van der Waals surface area contributed by atoms with Gasteiger partial charge in [0.25, 0.3) is 5.91 Å². The first-order valence-electron chi connectivity index (χ1n) is 17.0. The van der Waals surface area contributed by atoms with Crippen molar-refractivity contribution in [2.75, 3.05) is 25.0 Å². The molecule has 2 heterocycles. The molecule has 0 aliphatic carbocycles. The Hall–Kier alpha value is -4.71. The van der Waals surface area contributed by atoms with Crippen LogP contribution in [0.3, 0.4) is 0 Å². The summed E-state index contributed by atoms with van der Waals surface area (Å²) in [6.45, 7) is 9.67. The third-order valence-corrected chi connectivity index (χ3v) is 8.66. The van der Waals surface area contributed by atoms with E-state index in [0.717, 1.165) is 16.5 Å². The SMILES string of the molecule is CC(=O)Nc1cccc(C(=O)N2CCCC(C(=O)NC(C(=O)N[C@@H](CCCCN)C(=O)OC(C)(C)C)[C@@H](C)c3c[nH]c4ccccc34)C2)c1. The minimum Gasteiger partial charge on any atom is -0.458 e. The summed E-state index contributed by atoms with van der Waals surface area (Å²) in [4.78, 5) is 71.2. The van der Waals surface area contributed by atoms with Crippen LogP contribution in [0.2, 0.25) is 0 Å². The summed E-state index contributed by atoms with van der Waals surface area (Å²) in [5, 5.41) is 9.51. The van der Waals surface area contributed by atoms with E-state index >= 15 is 0 Å². The van der Waals surface area contributed by atoms with Gasteiger partial charge < -0.3 is 36.3 Å². The second kappa shape index (κ2) is 16.6. The van der Waals surface area contributed by atoms with Crippen LogP contribution in [0.4, 0.5) is 5.69 Å². The van der Waals surface area contributed by atoms with E-state index in [9.17, 15) is 24.0 Å². The number of likely N-dealkylation sites (tertiary alicyclic amines) is 1. The summed E-state index contributed by atoms with van der Waals surface area (Å²) in [7, 11) is 0. The highest BCUT2D eigenvalue weighted by molar-refractivity contribution is 5.98. The number of aromatic amines is 1. The van der Waals surface area contributed by atoms with Crippen molar-refractivity contribution in [1.29, 1.82) is 0 Å². The van der Waals surface area contributed by atoms with Crippen molar-refractivity contribution in [1.82, 2.24) is 20.5 Å². The Bertz CT molecular complexity index is 1650. The third kappa shape index (κ3) is 10.1. The van der Waals surface area contributed by atoms with Gasteiger partial charge in [-0.1, -0.05) is 31.2 Å². The Morgan fingerprint density at radius 2 is 1.80 bits per heavy atom. The fourth-order valence-corrected chi connectivity index (χ4v) is 6.21. The molecule has 0 bridgehead atoms. The van der Waals surface area contributed by atoms with E-state index in [2.05, 4.69) is 20.9 Å². The summed E-state index contributed by atoms with van der Waals surface area (Å²) in [5.41, 5.74) is 7.59. The number of para-hydroxylation sites is 1. The molecule has 4 atom stereocenters. The van der Waals surface area contributed by atoms with Gasteiger partial charge >= 0.3 is 5.97 Å². The van der Waals surface area contributed by atoms with E-state index in [4.69, 9.17) is 10.5 Å². The van der Waals surface area contributed by atoms with E-state index in [-0.39, 0.29) is 24.3 Å². The zero-order chi connectivity index (χ0) is 35.7. The number of fused-ring (bicyclic) bond motifs is 1. The van der Waals surface area contributed by atoms with Crippen molar-refractivity contribution < 1.29 is 28.7 Å². The van der Waals surface area contributed by atoms with Gasteiger partial charge in [-0.05, 0) is 89.2 Å². The maximum Gasteiger partial charge on any atom is 0.329 e. The number of benzene rings is 2. The van der Waals surface area contributed by atoms with Gasteiger partial charge in [-0.2, -0.15) is 0 Å². The second-order valence-electron chi connectivity index (χ2n) is 13.8. The zero-order valence-corrected chi connectivity index (χ0v) is 29.1. The van der Waals surface area contributed by atoms with Crippen LogP contribution in [0, 0.1) is 5.92 Å². The van der Waals surface area contributed by atoms with Gasteiger partial charge in [-0.15, -0.1) is 0 Å². The molecule has 1 saturated heterocycles. The standard InChI is InChI=1S/C37H50N6O6/c1-23(29-21-39-30-16-7-6-15-28(29)30)32(34(46)41-31(17-8-9-18-38)36(48)49-37(3,4)5)42-33(45)26-13-11-19-43(22-26)35(47)25-12-10-14-27(20-25)40-24(2)44/h6-7,10,12,14-16,20-21,23,26,31-32,39H,8-9,11,13,17-19,22,38H2,1-5H3,(H,40,44)(H,41,46)(H,42,45)/t23-,26?,31-,32?/m0/s1. The molecule has 4 rings (SSSR count). The number of amides is 4. The maximum atomic E-state index is 14.2. The second-order valence-corrected chi connectivity index (χ2v) is 13.8. The summed E-state index contributed by atoms with van der Waals surface area (Å²) in [5.74, 6) is -2.95. The molecule has 4 amide bonds. The Balaban J connectivity index is 1.56. The molecule has 0 spiro atoms. The molecular weight excluding hydrogens is 624 g/mol. The largest absolute Gasteiger partial charge is 0.458 e. The van der Waals surface area contributed by atoms with Crippen LogP contribution in [0.15, 0.2) is 54.7 Å². The van der Waals surface area contributed by atoms with Crippen molar-refractivity contribution in [3.05, 3.63) is 65.9 Å². The Morgan fingerprint density at radius 3 is 2.51 bits per heavy atom. The summed E-state index contributed by atoms with van der Waals surface area (Å²) >= 11 is 0. The van der Waals surface area contributed by atoms with Gasteiger partial charge in [-0.3, -0.25) is 19.2 Å². The highest BCUT2D eigenvalue weighted by Crippen LogP contribution is 2.29. The van der Waals surface area contributed by atoms with Gasteiger partial charge in [-0.25, -0.2) is 4.79 Å². The molecule has 49 heavy (non-hydrogen) atoms. The van der Waals surface area contributed by atoms with Crippen LogP contribution < -0.4 is 21.7 Å². The zero-order valence-electron chi connectivity index (χ0n) is 29.1. The average Bonchev–Trinajstić information content (AvgIpc) is 3.49. The van der Waals surface area contributed by atoms with E-state index in [1.807, 2.05) is 37.4 Å². The van der Waals surface area contributed by atoms with Crippen LogP contribution >= 0.6 is 0 Å². The molecule has 1 aliphatic rings. The number of unbranched alkanes of at least 4 members (excludes halogenated alkanes) is 1. The number of ether oxygens (including phenoxy) is 1. The van der Waals surface area contributed by atoms with Crippen molar-refractivity contribution in [2.24, 2.45) is 11.7 Å². The maximum absolute atomic E-state index is 14.2. The van der Waals surface area contributed by atoms with Crippen LogP contribution in [-0.2, 0) is 23.9 Å². The number of carbonyl (C=O) groups excluding carboxylic acids is 5. The number of anilines is 1. The van der Waals surface area contributed by atoms with Crippen molar-refractivity contribution in [3.63, 3.8) is 0 Å². The smallest absolute Gasteiger partial charge is 0.329 e. The van der Waals surface area contributed by atoms with E-state index in [1.54, 1.807) is 49.9 Å². The van der Waals surface area contributed by atoms with E-state index in [0.29, 0.717) is 56.4 Å². The number of hydrogen-bond acceptors (Lipinski definition) is 7. The molecule has 6 N–H and O–H groups in total. The van der Waals surface area contributed by atoms with Gasteiger partial charge in [0.1, 0.15) is 17.7 Å². The molecule has 3 aromatic rings. The van der Waals surface area contributed by atoms with Crippen molar-refractivity contribution in [2.45, 2.75) is 90.3 Å². The molecule has 12 heteroatoms. The normalized spacial score (nSPS) is 16.7. The van der Waals surface area contributed by atoms with E-state index < -0.39 is 41.4 Å². The lowest BCUT2D eigenvalue weighted by atomic mass is 9.90. The number of H-pyrrole nitrogens is 1. The molecule has 1 aromatic heterocycles. The topological polar surface area (TPSA) is 176 Å². The lowest BCUT2D eigenvalue weighted by molar-refractivity contribution is -0.159. The highest BCUT2D eigenvalue weighted by atomic mass is 16.6. The minimum absolute atomic E-state index is 0.171. The predicted molar refractivity (Wildman–Crippen MR) is 189 cm³/mol. The first kappa shape index (κ1) is 37.1. The van der Waals surface area contributed by atoms with Gasteiger partial charge in [0.05, 0.1) is 5.92 Å². The molecule has 1 aliphatic heterocycles. The summed E-state index contributed by atoms with van der Waals surface area (Å²) in [6.07, 6.45) is 4.60. The predicted octanol–water partition coefficient (Wildman–Crippen LogP) is 4.22. The van der Waals surface area contributed by atoms with Crippen LogP contribution in [0.1, 0.15) is 88.6 Å². The quantitative estimate of drug-likeness (QED) is 0.133. The number of rotatable bonds is 13. The van der Waals surface area contributed by atoms with Crippen molar-refractivity contribution >= 4 is 46.2 Å². The number of esters is 1. The monoisotopic (exact) mass is 674 g/mol. The fraction of sp³-hybridized carbons (Fsp3) is 0.486. The molecule has 12 nitrogen and oxygen atoms in total. The van der Waals surface area contributed by atoms with Gasteiger partial charge in [0, 0.05) is 54.3 Å². The first-order chi connectivity index (χ1) is 23.3. The number of piperidine rings is 1. The highest BCUT2D eigenvalue weighted by Gasteiger charge is 2.36. The molecule has 2 unspecified atom stereocenters. The average molecular weight is 675 g/mol. The molecular formula is C37H50N6O6.